The summed E-state index contributed by atoms with van der Waals surface area (Å²) in [5.41, 5.74) is 6.16. The van der Waals surface area contributed by atoms with E-state index in [-0.39, 0.29) is 0 Å². The number of anilines is 2. The van der Waals surface area contributed by atoms with Crippen molar-refractivity contribution in [1.29, 1.82) is 0 Å². The van der Waals surface area contributed by atoms with Gasteiger partial charge in [-0.1, -0.05) is 16.8 Å². The predicted octanol–water partition coefficient (Wildman–Crippen LogP) is 1.62. The number of nitrogens with two attached hydrogens (primary N) is 1. The molecule has 7 heteroatoms. The standard InChI is InChI=1S/C9H10ClN5O/c1-5-13-9(16-15-5)4-12-8-3-6(11)2-7(10)14-8/h2-3H,4H2,1H3,(H3,11,12,14). The van der Waals surface area contributed by atoms with E-state index in [2.05, 4.69) is 20.4 Å². The number of aromatic nitrogens is 3. The summed E-state index contributed by atoms with van der Waals surface area (Å²) in [5, 5.41) is 6.99. The Hall–Kier alpha value is -1.82. The Kier molecular flexibility index (Phi) is 2.91. The third-order valence-corrected chi connectivity index (χ3v) is 2.00. The summed E-state index contributed by atoms with van der Waals surface area (Å²) in [6.07, 6.45) is 0. The molecule has 84 valence electrons. The lowest BCUT2D eigenvalue weighted by Gasteiger charge is -2.03. The molecule has 2 heterocycles. The van der Waals surface area contributed by atoms with Gasteiger partial charge in [0, 0.05) is 11.8 Å². The summed E-state index contributed by atoms with van der Waals surface area (Å²) >= 11 is 5.75. The molecule has 0 spiro atoms. The highest BCUT2D eigenvalue weighted by atomic mass is 35.5. The molecule has 3 N–H and O–H groups in total. The number of nitrogens with zero attached hydrogens (tertiary/aromatic N) is 3. The Morgan fingerprint density at radius 1 is 1.44 bits per heavy atom. The second-order valence-electron chi connectivity index (χ2n) is 3.20. The second-order valence-corrected chi connectivity index (χ2v) is 3.58. The molecule has 0 aliphatic rings. The zero-order chi connectivity index (χ0) is 11.5. The van der Waals surface area contributed by atoms with Crippen molar-refractivity contribution in [2.75, 3.05) is 11.1 Å². The summed E-state index contributed by atoms with van der Waals surface area (Å²) in [7, 11) is 0. The number of rotatable bonds is 3. The maximum Gasteiger partial charge on any atom is 0.245 e. The van der Waals surface area contributed by atoms with Crippen LogP contribution in [0, 0.1) is 6.92 Å². The molecule has 0 aromatic carbocycles. The number of aryl methyl sites for hydroxylation is 1. The first-order valence-corrected chi connectivity index (χ1v) is 4.97. The van der Waals surface area contributed by atoms with Gasteiger partial charge in [-0.25, -0.2) is 4.98 Å². The topological polar surface area (TPSA) is 89.9 Å². The van der Waals surface area contributed by atoms with Gasteiger partial charge in [0.1, 0.15) is 11.0 Å². The first-order chi connectivity index (χ1) is 7.63. The minimum absolute atomic E-state index is 0.337. The number of halogens is 1. The van der Waals surface area contributed by atoms with Gasteiger partial charge >= 0.3 is 0 Å². The van der Waals surface area contributed by atoms with Crippen LogP contribution < -0.4 is 11.1 Å². The molecule has 0 unspecified atom stereocenters. The molecule has 2 rings (SSSR count). The Bertz CT molecular complexity index is 478. The second kappa shape index (κ2) is 4.36. The Balaban J connectivity index is 2.04. The summed E-state index contributed by atoms with van der Waals surface area (Å²) < 4.78 is 4.93. The molecule has 0 fully saturated rings. The lowest BCUT2D eigenvalue weighted by molar-refractivity contribution is 0.379. The van der Waals surface area contributed by atoms with Crippen molar-refractivity contribution in [3.8, 4) is 0 Å². The third kappa shape index (κ3) is 2.60. The molecule has 0 bridgehead atoms. The largest absolute Gasteiger partial charge is 0.399 e. The maximum atomic E-state index is 5.75. The average Bonchev–Trinajstić information content (AvgIpc) is 2.60. The van der Waals surface area contributed by atoms with Crippen LogP contribution in [0.15, 0.2) is 16.7 Å². The van der Waals surface area contributed by atoms with Gasteiger partial charge in [0.25, 0.3) is 0 Å². The van der Waals surface area contributed by atoms with Gasteiger partial charge in [-0.2, -0.15) is 4.98 Å². The lowest BCUT2D eigenvalue weighted by atomic mass is 10.4. The van der Waals surface area contributed by atoms with E-state index in [9.17, 15) is 0 Å². The first-order valence-electron chi connectivity index (χ1n) is 4.59. The van der Waals surface area contributed by atoms with Crippen LogP contribution in [-0.2, 0) is 6.54 Å². The molecule has 0 radical (unpaired) electrons. The minimum Gasteiger partial charge on any atom is -0.399 e. The number of pyridine rings is 1. The van der Waals surface area contributed by atoms with Crippen molar-refractivity contribution in [1.82, 2.24) is 15.1 Å². The fourth-order valence-corrected chi connectivity index (χ4v) is 1.40. The van der Waals surface area contributed by atoms with E-state index in [1.165, 1.54) is 0 Å². The van der Waals surface area contributed by atoms with Crippen LogP contribution in [0.2, 0.25) is 5.15 Å². The Morgan fingerprint density at radius 2 is 2.25 bits per heavy atom. The molecular weight excluding hydrogens is 230 g/mol. The Labute approximate surface area is 96.8 Å². The molecule has 0 amide bonds. The van der Waals surface area contributed by atoms with Gasteiger partial charge in [0.15, 0.2) is 5.82 Å². The molecule has 0 atom stereocenters. The normalized spacial score (nSPS) is 10.4. The van der Waals surface area contributed by atoms with Crippen LogP contribution in [0.5, 0.6) is 0 Å². The van der Waals surface area contributed by atoms with Gasteiger partial charge in [-0.15, -0.1) is 0 Å². The fraction of sp³-hybridized carbons (Fsp3) is 0.222. The van der Waals surface area contributed by atoms with Crippen LogP contribution in [-0.4, -0.2) is 15.1 Å². The molecule has 2 aromatic heterocycles. The third-order valence-electron chi connectivity index (χ3n) is 1.81. The lowest BCUT2D eigenvalue weighted by Crippen LogP contribution is -2.02. The zero-order valence-electron chi connectivity index (χ0n) is 8.57. The van der Waals surface area contributed by atoms with Crippen molar-refractivity contribution >= 4 is 23.1 Å². The van der Waals surface area contributed by atoms with Crippen LogP contribution in [0.4, 0.5) is 11.5 Å². The highest BCUT2D eigenvalue weighted by Gasteiger charge is 2.03. The number of nitrogen functional groups attached to an aromatic ring is 1. The van der Waals surface area contributed by atoms with E-state index >= 15 is 0 Å². The van der Waals surface area contributed by atoms with Crippen molar-refractivity contribution in [2.45, 2.75) is 13.5 Å². The van der Waals surface area contributed by atoms with Gasteiger partial charge < -0.3 is 15.6 Å². The SMILES string of the molecule is Cc1noc(CNc2cc(N)cc(Cl)n2)n1. The van der Waals surface area contributed by atoms with Gasteiger partial charge in [0.05, 0.1) is 6.54 Å². The molecule has 0 aliphatic carbocycles. The van der Waals surface area contributed by atoms with E-state index in [4.69, 9.17) is 21.9 Å². The summed E-state index contributed by atoms with van der Waals surface area (Å²) in [6, 6.07) is 3.25. The molecule has 6 nitrogen and oxygen atoms in total. The average molecular weight is 240 g/mol. The summed E-state index contributed by atoms with van der Waals surface area (Å²) in [4.78, 5) is 8.08. The van der Waals surface area contributed by atoms with Crippen LogP contribution in [0.3, 0.4) is 0 Å². The number of nitrogens with one attached hydrogen (secondary N) is 1. The maximum absolute atomic E-state index is 5.75. The van der Waals surface area contributed by atoms with E-state index in [1.807, 2.05) is 0 Å². The predicted molar refractivity (Wildman–Crippen MR) is 60.0 cm³/mol. The molecule has 0 saturated carbocycles. The minimum atomic E-state index is 0.337. The van der Waals surface area contributed by atoms with Crippen LogP contribution in [0.1, 0.15) is 11.7 Å². The van der Waals surface area contributed by atoms with E-state index in [0.29, 0.717) is 34.9 Å². The van der Waals surface area contributed by atoms with E-state index in [0.717, 1.165) is 0 Å². The summed E-state index contributed by atoms with van der Waals surface area (Å²) in [5.74, 6) is 1.65. The highest BCUT2D eigenvalue weighted by molar-refractivity contribution is 6.29. The monoisotopic (exact) mass is 239 g/mol. The zero-order valence-corrected chi connectivity index (χ0v) is 9.32. The van der Waals surface area contributed by atoms with Gasteiger partial charge in [-0.3, -0.25) is 0 Å². The van der Waals surface area contributed by atoms with Crippen molar-refractivity contribution in [3.63, 3.8) is 0 Å². The molecule has 2 aromatic rings. The van der Waals surface area contributed by atoms with Gasteiger partial charge in [-0.05, 0) is 13.0 Å². The summed E-state index contributed by atoms with van der Waals surface area (Å²) in [6.45, 7) is 2.14. The fourth-order valence-electron chi connectivity index (χ4n) is 1.19. The van der Waals surface area contributed by atoms with Crippen LogP contribution >= 0.6 is 11.6 Å². The quantitative estimate of drug-likeness (QED) is 0.791. The number of hydrogen-bond acceptors (Lipinski definition) is 6. The van der Waals surface area contributed by atoms with Crippen LogP contribution in [0.25, 0.3) is 0 Å². The smallest absolute Gasteiger partial charge is 0.245 e. The van der Waals surface area contributed by atoms with Crippen molar-refractivity contribution in [2.24, 2.45) is 0 Å². The molecule has 0 saturated heterocycles. The first kappa shape index (κ1) is 10.7. The molecule has 16 heavy (non-hydrogen) atoms. The molecule has 0 aliphatic heterocycles. The number of hydrogen-bond donors (Lipinski definition) is 2. The highest BCUT2D eigenvalue weighted by Crippen LogP contribution is 2.16. The van der Waals surface area contributed by atoms with E-state index in [1.54, 1.807) is 19.1 Å². The van der Waals surface area contributed by atoms with Crippen molar-refractivity contribution in [3.05, 3.63) is 29.0 Å². The Morgan fingerprint density at radius 3 is 2.88 bits per heavy atom. The van der Waals surface area contributed by atoms with Gasteiger partial charge in [0.2, 0.25) is 5.89 Å². The molecular formula is C9H10ClN5O. The van der Waals surface area contributed by atoms with Crippen molar-refractivity contribution < 1.29 is 4.52 Å². The van der Waals surface area contributed by atoms with E-state index < -0.39 is 0 Å².